The Hall–Kier alpha value is -1.32. The molecule has 2 aromatic carbocycles. The number of ether oxygens (including phenoxy) is 1. The zero-order chi connectivity index (χ0) is 18.4. The number of fused-ring (bicyclic) bond motifs is 1. The number of aryl methyl sites for hydroxylation is 1. The summed E-state index contributed by atoms with van der Waals surface area (Å²) in [5.74, 6) is 1.15. The van der Waals surface area contributed by atoms with Crippen LogP contribution in [0.4, 0.5) is 0 Å². The first-order valence-electron chi connectivity index (χ1n) is 11.0. The first-order chi connectivity index (χ1) is 13.3. The highest BCUT2D eigenvalue weighted by Crippen LogP contribution is 2.30. The molecule has 2 aromatic rings. The Kier molecular flexibility index (Phi) is 7.99. The van der Waals surface area contributed by atoms with Gasteiger partial charge in [-0.2, -0.15) is 0 Å². The Labute approximate surface area is 181 Å². The second-order valence-corrected chi connectivity index (χ2v) is 8.52. The van der Waals surface area contributed by atoms with E-state index < -0.39 is 0 Å². The average molecular weight is 444 g/mol. The number of nitrogens with zero attached hydrogens (tertiary/aromatic N) is 1. The Morgan fingerprint density at radius 1 is 0.750 bits per heavy atom. The highest BCUT2D eigenvalue weighted by molar-refractivity contribution is 5.41. The summed E-state index contributed by atoms with van der Waals surface area (Å²) < 4.78 is 7.59. The predicted octanol–water partition coefficient (Wildman–Crippen LogP) is 2.54. The Morgan fingerprint density at radius 2 is 1.50 bits per heavy atom. The smallest absolute Gasteiger partial charge is 0.137 e. The van der Waals surface area contributed by atoms with E-state index in [1.165, 1.54) is 85.6 Å². The molecule has 1 fully saturated rings. The Balaban J connectivity index is 0.00000225. The first kappa shape index (κ1) is 21.4. The SMILES string of the molecule is [Br-].c1ccc(C[N+]2(CCOc3cccc4c3CCCC4)CCCCCC2)cc1. The number of benzene rings is 2. The molecule has 1 saturated heterocycles. The fourth-order valence-corrected chi connectivity index (χ4v) is 5.02. The van der Waals surface area contributed by atoms with Gasteiger partial charge in [0.05, 0.1) is 13.1 Å². The van der Waals surface area contributed by atoms with Crippen molar-refractivity contribution in [3.8, 4) is 5.75 Å². The molecule has 0 atom stereocenters. The molecule has 1 heterocycles. The molecule has 1 aliphatic heterocycles. The van der Waals surface area contributed by atoms with Crippen molar-refractivity contribution in [2.24, 2.45) is 0 Å². The summed E-state index contributed by atoms with van der Waals surface area (Å²) in [5.41, 5.74) is 4.47. The summed E-state index contributed by atoms with van der Waals surface area (Å²) in [7, 11) is 0. The van der Waals surface area contributed by atoms with E-state index in [-0.39, 0.29) is 17.0 Å². The van der Waals surface area contributed by atoms with Gasteiger partial charge in [-0.25, -0.2) is 0 Å². The zero-order valence-electron chi connectivity index (χ0n) is 17.0. The summed E-state index contributed by atoms with van der Waals surface area (Å²) in [6.07, 6.45) is 10.5. The minimum absolute atomic E-state index is 0. The van der Waals surface area contributed by atoms with Crippen LogP contribution in [0, 0.1) is 0 Å². The first-order valence-corrected chi connectivity index (χ1v) is 11.0. The third-order valence-corrected chi connectivity index (χ3v) is 6.55. The maximum atomic E-state index is 6.40. The summed E-state index contributed by atoms with van der Waals surface area (Å²) in [6, 6.07) is 17.7. The lowest BCUT2D eigenvalue weighted by Crippen LogP contribution is -3.00. The van der Waals surface area contributed by atoms with E-state index in [1.807, 2.05) is 0 Å². The molecular formula is C25H34BrNO. The molecule has 0 radical (unpaired) electrons. The molecule has 28 heavy (non-hydrogen) atoms. The number of quaternary nitrogens is 1. The van der Waals surface area contributed by atoms with Gasteiger partial charge in [0.2, 0.25) is 0 Å². The van der Waals surface area contributed by atoms with Gasteiger partial charge in [-0.05, 0) is 68.6 Å². The number of halogens is 1. The van der Waals surface area contributed by atoms with Gasteiger partial charge in [0.15, 0.2) is 0 Å². The van der Waals surface area contributed by atoms with Gasteiger partial charge >= 0.3 is 0 Å². The van der Waals surface area contributed by atoms with Crippen LogP contribution < -0.4 is 21.7 Å². The van der Waals surface area contributed by atoms with Crippen LogP contribution in [0.3, 0.4) is 0 Å². The van der Waals surface area contributed by atoms with Crippen molar-refractivity contribution >= 4 is 0 Å². The lowest BCUT2D eigenvalue weighted by molar-refractivity contribution is -0.940. The monoisotopic (exact) mass is 443 g/mol. The Bertz CT molecular complexity index is 723. The highest BCUT2D eigenvalue weighted by atomic mass is 79.9. The van der Waals surface area contributed by atoms with Gasteiger partial charge in [-0.1, -0.05) is 42.5 Å². The summed E-state index contributed by atoms with van der Waals surface area (Å²) in [5, 5.41) is 0. The number of rotatable bonds is 6. The second kappa shape index (κ2) is 10.5. The van der Waals surface area contributed by atoms with Crippen LogP contribution in [0.25, 0.3) is 0 Å². The molecule has 0 amide bonds. The van der Waals surface area contributed by atoms with Gasteiger partial charge in [-0.3, -0.25) is 0 Å². The van der Waals surface area contributed by atoms with Crippen LogP contribution in [0.5, 0.6) is 5.75 Å². The van der Waals surface area contributed by atoms with Crippen LogP contribution >= 0.6 is 0 Å². The van der Waals surface area contributed by atoms with Crippen LogP contribution in [0.15, 0.2) is 48.5 Å². The van der Waals surface area contributed by atoms with Crippen molar-refractivity contribution in [1.29, 1.82) is 0 Å². The minimum Gasteiger partial charge on any atom is -1.00 e. The topological polar surface area (TPSA) is 9.23 Å². The zero-order valence-corrected chi connectivity index (χ0v) is 18.6. The highest BCUT2D eigenvalue weighted by Gasteiger charge is 2.29. The van der Waals surface area contributed by atoms with Crippen LogP contribution in [-0.2, 0) is 19.4 Å². The molecule has 152 valence electrons. The largest absolute Gasteiger partial charge is 1.00 e. The molecular weight excluding hydrogens is 410 g/mol. The predicted molar refractivity (Wildman–Crippen MR) is 112 cm³/mol. The number of hydrogen-bond acceptors (Lipinski definition) is 1. The normalized spacial score (nSPS) is 18.4. The molecule has 3 heteroatoms. The molecule has 4 rings (SSSR count). The lowest BCUT2D eigenvalue weighted by Gasteiger charge is -2.38. The van der Waals surface area contributed by atoms with E-state index in [1.54, 1.807) is 0 Å². The van der Waals surface area contributed by atoms with Crippen molar-refractivity contribution < 1.29 is 26.2 Å². The molecule has 0 N–H and O–H groups in total. The van der Waals surface area contributed by atoms with Crippen molar-refractivity contribution in [2.75, 3.05) is 26.2 Å². The van der Waals surface area contributed by atoms with E-state index in [0.29, 0.717) is 0 Å². The quantitative estimate of drug-likeness (QED) is 0.623. The molecule has 0 bridgehead atoms. The van der Waals surface area contributed by atoms with E-state index >= 15 is 0 Å². The summed E-state index contributed by atoms with van der Waals surface area (Å²) in [6.45, 7) is 5.70. The van der Waals surface area contributed by atoms with Crippen LogP contribution in [0.2, 0.25) is 0 Å². The van der Waals surface area contributed by atoms with Crippen LogP contribution in [-0.4, -0.2) is 30.7 Å². The van der Waals surface area contributed by atoms with Crippen molar-refractivity contribution in [2.45, 2.75) is 57.9 Å². The van der Waals surface area contributed by atoms with E-state index in [0.717, 1.165) is 25.4 Å². The fraction of sp³-hybridized carbons (Fsp3) is 0.520. The van der Waals surface area contributed by atoms with Crippen LogP contribution in [0.1, 0.15) is 55.2 Å². The van der Waals surface area contributed by atoms with E-state index in [2.05, 4.69) is 48.5 Å². The standard InChI is InChI=1S/C25H34NO.BrH/c1-2-9-18-26(17-8-1,21-22-11-4-3-5-12-22)19-20-27-25-16-10-14-23-13-6-7-15-24(23)25;/h3-5,10-12,14,16H,1-2,6-9,13,15,17-21H2;1H/q+1;/p-1. The van der Waals surface area contributed by atoms with Crippen molar-refractivity contribution in [3.05, 3.63) is 65.2 Å². The molecule has 2 nitrogen and oxygen atoms in total. The average Bonchev–Trinajstić information content (AvgIpc) is 2.95. The lowest BCUT2D eigenvalue weighted by atomic mass is 9.91. The molecule has 1 aliphatic carbocycles. The van der Waals surface area contributed by atoms with Crippen molar-refractivity contribution in [1.82, 2.24) is 0 Å². The number of hydrogen-bond donors (Lipinski definition) is 0. The molecule has 2 aliphatic rings. The molecule has 0 spiro atoms. The maximum Gasteiger partial charge on any atom is 0.137 e. The molecule has 0 aromatic heterocycles. The number of likely N-dealkylation sites (tertiary alicyclic amines) is 1. The molecule has 0 unspecified atom stereocenters. The summed E-state index contributed by atoms with van der Waals surface area (Å²) in [4.78, 5) is 0. The van der Waals surface area contributed by atoms with E-state index in [4.69, 9.17) is 4.74 Å². The van der Waals surface area contributed by atoms with Gasteiger partial charge in [0.1, 0.15) is 25.4 Å². The third-order valence-electron chi connectivity index (χ3n) is 6.55. The van der Waals surface area contributed by atoms with Gasteiger partial charge < -0.3 is 26.2 Å². The van der Waals surface area contributed by atoms with Gasteiger partial charge in [0.25, 0.3) is 0 Å². The van der Waals surface area contributed by atoms with Crippen molar-refractivity contribution in [3.63, 3.8) is 0 Å². The molecule has 0 saturated carbocycles. The maximum absolute atomic E-state index is 6.40. The minimum atomic E-state index is 0. The Morgan fingerprint density at radius 3 is 2.29 bits per heavy atom. The van der Waals surface area contributed by atoms with E-state index in [9.17, 15) is 0 Å². The van der Waals surface area contributed by atoms with Gasteiger partial charge in [-0.15, -0.1) is 0 Å². The fourth-order valence-electron chi connectivity index (χ4n) is 5.02. The summed E-state index contributed by atoms with van der Waals surface area (Å²) >= 11 is 0. The third kappa shape index (κ3) is 5.39. The van der Waals surface area contributed by atoms with Gasteiger partial charge in [0, 0.05) is 5.56 Å². The second-order valence-electron chi connectivity index (χ2n) is 8.52.